The molecule has 0 radical (unpaired) electrons. The molecule has 0 aliphatic carbocycles. The summed E-state index contributed by atoms with van der Waals surface area (Å²) in [4.78, 5) is 24.8. The number of benzene rings is 1. The Labute approximate surface area is 116 Å². The summed E-state index contributed by atoms with van der Waals surface area (Å²) >= 11 is 0. The monoisotopic (exact) mass is 280 g/mol. The van der Waals surface area contributed by atoms with E-state index in [1.54, 1.807) is 4.90 Å². The number of para-hydroxylation sites is 1. The summed E-state index contributed by atoms with van der Waals surface area (Å²) in [5, 5.41) is 11.4. The number of carbonyl (C=O) groups is 2. The Bertz CT molecular complexity index is 511. The average Bonchev–Trinajstić information content (AvgIpc) is 2.69. The van der Waals surface area contributed by atoms with Crippen LogP contribution in [0.5, 0.6) is 0 Å². The zero-order valence-electron chi connectivity index (χ0n) is 11.1. The molecule has 1 saturated heterocycles. The summed E-state index contributed by atoms with van der Waals surface area (Å²) in [5.41, 5.74) is -0.512. The maximum absolute atomic E-state index is 13.7. The van der Waals surface area contributed by atoms with Crippen LogP contribution in [0.25, 0.3) is 0 Å². The predicted octanol–water partition coefficient (Wildman–Crippen LogP) is 2.93. The second kappa shape index (κ2) is 6.36. The molecule has 6 heteroatoms. The van der Waals surface area contributed by atoms with Gasteiger partial charge in [-0.2, -0.15) is 0 Å². The molecule has 0 atom stereocenters. The van der Waals surface area contributed by atoms with Gasteiger partial charge in [0, 0.05) is 13.1 Å². The van der Waals surface area contributed by atoms with Crippen LogP contribution in [0.3, 0.4) is 0 Å². The van der Waals surface area contributed by atoms with Gasteiger partial charge in [-0.25, -0.2) is 14.0 Å². The molecular formula is C14H17FN2O3. The molecule has 5 nitrogen and oxygen atoms in total. The Balaban J connectivity index is 2.16. The Morgan fingerprint density at radius 3 is 2.40 bits per heavy atom. The van der Waals surface area contributed by atoms with Crippen molar-refractivity contribution in [2.45, 2.75) is 25.7 Å². The van der Waals surface area contributed by atoms with Gasteiger partial charge in [-0.3, -0.25) is 0 Å². The molecule has 1 heterocycles. The van der Waals surface area contributed by atoms with Crippen LogP contribution in [0, 0.1) is 5.82 Å². The number of halogens is 1. The first kappa shape index (κ1) is 14.3. The Kier molecular flexibility index (Phi) is 4.55. The zero-order valence-corrected chi connectivity index (χ0v) is 11.1. The lowest BCUT2D eigenvalue weighted by Crippen LogP contribution is -2.36. The van der Waals surface area contributed by atoms with Crippen molar-refractivity contribution in [1.82, 2.24) is 4.90 Å². The number of urea groups is 1. The van der Waals surface area contributed by atoms with Gasteiger partial charge in [-0.15, -0.1) is 0 Å². The molecule has 20 heavy (non-hydrogen) atoms. The van der Waals surface area contributed by atoms with Gasteiger partial charge in [0.15, 0.2) is 0 Å². The number of likely N-dealkylation sites (tertiary alicyclic amines) is 1. The van der Waals surface area contributed by atoms with Gasteiger partial charge in [0.25, 0.3) is 0 Å². The molecule has 0 saturated carbocycles. The lowest BCUT2D eigenvalue weighted by Gasteiger charge is -2.21. The molecule has 2 amide bonds. The Morgan fingerprint density at radius 1 is 1.15 bits per heavy atom. The maximum Gasteiger partial charge on any atom is 0.337 e. The number of rotatable bonds is 2. The molecule has 2 N–H and O–H groups in total. The van der Waals surface area contributed by atoms with Crippen LogP contribution in [0.1, 0.15) is 36.0 Å². The van der Waals surface area contributed by atoms with Crippen LogP contribution in [0.15, 0.2) is 18.2 Å². The number of carboxylic acids is 1. The number of nitrogens with one attached hydrogen (secondary N) is 1. The van der Waals surface area contributed by atoms with E-state index in [1.807, 2.05) is 0 Å². The SMILES string of the molecule is O=C(O)c1cccc(F)c1NC(=O)N1CCCCCC1. The highest BCUT2D eigenvalue weighted by molar-refractivity contribution is 6.00. The number of carbonyl (C=O) groups excluding carboxylic acids is 1. The highest BCUT2D eigenvalue weighted by Gasteiger charge is 2.20. The van der Waals surface area contributed by atoms with Gasteiger partial charge in [0.05, 0.1) is 11.3 Å². The summed E-state index contributed by atoms with van der Waals surface area (Å²) in [7, 11) is 0. The zero-order chi connectivity index (χ0) is 14.5. The van der Waals surface area contributed by atoms with Crippen molar-refractivity contribution in [3.63, 3.8) is 0 Å². The highest BCUT2D eigenvalue weighted by Crippen LogP contribution is 2.21. The van der Waals surface area contributed by atoms with E-state index in [1.165, 1.54) is 12.1 Å². The molecule has 1 aliphatic rings. The third-order valence-electron chi connectivity index (χ3n) is 3.37. The van der Waals surface area contributed by atoms with Gasteiger partial charge in [-0.05, 0) is 25.0 Å². The molecule has 0 bridgehead atoms. The minimum Gasteiger partial charge on any atom is -0.478 e. The topological polar surface area (TPSA) is 69.6 Å². The number of carboxylic acid groups (broad SMARTS) is 1. The quantitative estimate of drug-likeness (QED) is 0.875. The maximum atomic E-state index is 13.7. The fraction of sp³-hybridized carbons (Fsp3) is 0.429. The molecule has 1 aromatic carbocycles. The van der Waals surface area contributed by atoms with Crippen LogP contribution >= 0.6 is 0 Å². The van der Waals surface area contributed by atoms with E-state index in [0.717, 1.165) is 31.7 Å². The van der Waals surface area contributed by atoms with Crippen molar-refractivity contribution in [3.05, 3.63) is 29.6 Å². The van der Waals surface area contributed by atoms with E-state index in [0.29, 0.717) is 13.1 Å². The molecule has 2 rings (SSSR count). The van der Waals surface area contributed by atoms with Crippen LogP contribution in [-0.4, -0.2) is 35.1 Å². The first-order valence-electron chi connectivity index (χ1n) is 6.67. The molecule has 0 spiro atoms. The normalized spacial score (nSPS) is 15.6. The van der Waals surface area contributed by atoms with Crippen LogP contribution < -0.4 is 5.32 Å². The lowest BCUT2D eigenvalue weighted by atomic mass is 10.1. The van der Waals surface area contributed by atoms with Crippen molar-refractivity contribution in [2.75, 3.05) is 18.4 Å². The second-order valence-corrected chi connectivity index (χ2v) is 4.80. The molecule has 108 valence electrons. The van der Waals surface area contributed by atoms with Crippen LogP contribution in [-0.2, 0) is 0 Å². The predicted molar refractivity (Wildman–Crippen MR) is 72.4 cm³/mol. The molecule has 0 unspecified atom stereocenters. The number of hydrogen-bond donors (Lipinski definition) is 2. The summed E-state index contributed by atoms with van der Waals surface area (Å²) in [6, 6.07) is 3.26. The third kappa shape index (κ3) is 3.26. The minimum absolute atomic E-state index is 0.242. The van der Waals surface area contributed by atoms with E-state index in [-0.39, 0.29) is 11.3 Å². The molecule has 1 aliphatic heterocycles. The Hall–Kier alpha value is -2.11. The molecule has 1 fully saturated rings. The van der Waals surface area contributed by atoms with Crippen molar-refractivity contribution >= 4 is 17.7 Å². The van der Waals surface area contributed by atoms with E-state index < -0.39 is 17.8 Å². The number of amides is 2. The summed E-state index contributed by atoms with van der Waals surface area (Å²) in [6.07, 6.45) is 3.97. The second-order valence-electron chi connectivity index (χ2n) is 4.80. The van der Waals surface area contributed by atoms with Crippen molar-refractivity contribution in [2.24, 2.45) is 0 Å². The van der Waals surface area contributed by atoms with Crippen LogP contribution in [0.2, 0.25) is 0 Å². The summed E-state index contributed by atoms with van der Waals surface area (Å²) in [5.74, 6) is -2.01. The van der Waals surface area contributed by atoms with Gasteiger partial charge < -0.3 is 15.3 Å². The van der Waals surface area contributed by atoms with Crippen LogP contribution in [0.4, 0.5) is 14.9 Å². The van der Waals surface area contributed by atoms with E-state index in [9.17, 15) is 14.0 Å². The van der Waals surface area contributed by atoms with Crippen molar-refractivity contribution in [1.29, 1.82) is 0 Å². The van der Waals surface area contributed by atoms with E-state index in [4.69, 9.17) is 5.11 Å². The highest BCUT2D eigenvalue weighted by atomic mass is 19.1. The smallest absolute Gasteiger partial charge is 0.337 e. The van der Waals surface area contributed by atoms with Gasteiger partial charge in [0.1, 0.15) is 5.82 Å². The van der Waals surface area contributed by atoms with Crippen molar-refractivity contribution < 1.29 is 19.1 Å². The Morgan fingerprint density at radius 2 is 1.80 bits per heavy atom. The number of hydrogen-bond acceptors (Lipinski definition) is 2. The molecule has 0 aromatic heterocycles. The third-order valence-corrected chi connectivity index (χ3v) is 3.37. The number of nitrogens with zero attached hydrogens (tertiary/aromatic N) is 1. The standard InChI is InChI=1S/C14H17FN2O3/c15-11-7-5-6-10(13(18)19)12(11)16-14(20)17-8-3-1-2-4-9-17/h5-7H,1-4,8-9H2,(H,16,20)(H,18,19). The van der Waals surface area contributed by atoms with Gasteiger partial charge >= 0.3 is 12.0 Å². The lowest BCUT2D eigenvalue weighted by molar-refractivity contribution is 0.0697. The first-order chi connectivity index (χ1) is 9.59. The number of aromatic carboxylic acids is 1. The first-order valence-corrected chi connectivity index (χ1v) is 6.67. The fourth-order valence-electron chi connectivity index (χ4n) is 2.29. The minimum atomic E-state index is -1.27. The molecule has 1 aromatic rings. The molecular weight excluding hydrogens is 263 g/mol. The van der Waals surface area contributed by atoms with Gasteiger partial charge in [0.2, 0.25) is 0 Å². The average molecular weight is 280 g/mol. The largest absolute Gasteiger partial charge is 0.478 e. The summed E-state index contributed by atoms with van der Waals surface area (Å²) < 4.78 is 13.7. The van der Waals surface area contributed by atoms with E-state index in [2.05, 4.69) is 5.32 Å². The fourth-order valence-corrected chi connectivity index (χ4v) is 2.29. The summed E-state index contributed by atoms with van der Waals surface area (Å²) in [6.45, 7) is 1.23. The van der Waals surface area contributed by atoms with E-state index >= 15 is 0 Å². The number of anilines is 1. The van der Waals surface area contributed by atoms with Gasteiger partial charge in [-0.1, -0.05) is 18.9 Å². The van der Waals surface area contributed by atoms with Crippen molar-refractivity contribution in [3.8, 4) is 0 Å².